The van der Waals surface area contributed by atoms with Gasteiger partial charge in [-0.05, 0) is 42.4 Å². The summed E-state index contributed by atoms with van der Waals surface area (Å²) in [5.74, 6) is 0.208. The molecule has 0 saturated carbocycles. The van der Waals surface area contributed by atoms with E-state index in [1.54, 1.807) is 48.5 Å². The van der Waals surface area contributed by atoms with E-state index in [1.165, 1.54) is 0 Å². The number of thiocarbonyl (C=S) groups is 1. The molecule has 0 atom stereocenters. The third-order valence-corrected chi connectivity index (χ3v) is 3.96. The SMILES string of the molecule is CC(C)COc1ccccc1C(=O)NC(=S)NNC(=O)COc1ccccc1Cl. The van der Waals surface area contributed by atoms with Gasteiger partial charge in [0, 0.05) is 0 Å². The van der Waals surface area contributed by atoms with Crippen LogP contribution < -0.4 is 25.6 Å². The van der Waals surface area contributed by atoms with Gasteiger partial charge >= 0.3 is 0 Å². The first-order valence-electron chi connectivity index (χ1n) is 8.86. The van der Waals surface area contributed by atoms with E-state index in [9.17, 15) is 9.59 Å². The summed E-state index contributed by atoms with van der Waals surface area (Å²) in [6, 6.07) is 13.6. The molecule has 0 saturated heterocycles. The number of ether oxygens (including phenoxy) is 2. The molecule has 0 aliphatic rings. The van der Waals surface area contributed by atoms with E-state index in [2.05, 4.69) is 16.2 Å². The lowest BCUT2D eigenvalue weighted by molar-refractivity contribution is -0.123. The summed E-state index contributed by atoms with van der Waals surface area (Å²) in [6.45, 7) is 4.23. The third-order valence-electron chi connectivity index (χ3n) is 3.44. The highest BCUT2D eigenvalue weighted by Crippen LogP contribution is 2.22. The Labute approximate surface area is 179 Å². The molecule has 2 amide bonds. The smallest absolute Gasteiger partial charge is 0.276 e. The quantitative estimate of drug-likeness (QED) is 0.457. The molecule has 0 aromatic heterocycles. The number of nitrogens with one attached hydrogen (secondary N) is 3. The number of rotatable bonds is 7. The normalized spacial score (nSPS) is 10.2. The summed E-state index contributed by atoms with van der Waals surface area (Å²) >= 11 is 11.0. The van der Waals surface area contributed by atoms with Crippen LogP contribution in [0.5, 0.6) is 11.5 Å². The predicted molar refractivity (Wildman–Crippen MR) is 115 cm³/mol. The summed E-state index contributed by atoms with van der Waals surface area (Å²) in [7, 11) is 0. The Morgan fingerprint density at radius 1 is 1.00 bits per heavy atom. The Balaban J connectivity index is 1.81. The van der Waals surface area contributed by atoms with E-state index in [-0.39, 0.29) is 11.7 Å². The molecule has 0 heterocycles. The highest BCUT2D eigenvalue weighted by Gasteiger charge is 2.14. The van der Waals surface area contributed by atoms with Gasteiger partial charge in [-0.3, -0.25) is 25.8 Å². The van der Waals surface area contributed by atoms with E-state index >= 15 is 0 Å². The first-order valence-corrected chi connectivity index (χ1v) is 9.64. The Hall–Kier alpha value is -2.84. The van der Waals surface area contributed by atoms with Crippen molar-refractivity contribution in [1.29, 1.82) is 0 Å². The van der Waals surface area contributed by atoms with Crippen molar-refractivity contribution in [3.63, 3.8) is 0 Å². The number of hydrogen-bond acceptors (Lipinski definition) is 5. The van der Waals surface area contributed by atoms with Crippen LogP contribution in [-0.4, -0.2) is 30.1 Å². The van der Waals surface area contributed by atoms with Gasteiger partial charge in [0.2, 0.25) is 0 Å². The van der Waals surface area contributed by atoms with Crippen molar-refractivity contribution in [3.05, 3.63) is 59.1 Å². The lowest BCUT2D eigenvalue weighted by atomic mass is 10.2. The average Bonchev–Trinajstić information content (AvgIpc) is 2.70. The second-order valence-corrected chi connectivity index (χ2v) is 7.19. The zero-order chi connectivity index (χ0) is 21.2. The molecule has 7 nitrogen and oxygen atoms in total. The van der Waals surface area contributed by atoms with Gasteiger partial charge in [-0.1, -0.05) is 49.7 Å². The highest BCUT2D eigenvalue weighted by atomic mass is 35.5. The van der Waals surface area contributed by atoms with Gasteiger partial charge in [0.05, 0.1) is 17.2 Å². The van der Waals surface area contributed by atoms with E-state index in [0.29, 0.717) is 34.6 Å². The van der Waals surface area contributed by atoms with Gasteiger partial charge < -0.3 is 9.47 Å². The Kier molecular flexibility index (Phi) is 8.69. The number of hydrazine groups is 1. The lowest BCUT2D eigenvalue weighted by Crippen LogP contribution is -2.49. The molecule has 2 aromatic rings. The van der Waals surface area contributed by atoms with Crippen LogP contribution in [0.3, 0.4) is 0 Å². The Morgan fingerprint density at radius 2 is 1.66 bits per heavy atom. The van der Waals surface area contributed by atoms with Crippen molar-refractivity contribution < 1.29 is 19.1 Å². The third kappa shape index (κ3) is 7.59. The van der Waals surface area contributed by atoms with Crippen LogP contribution >= 0.6 is 23.8 Å². The van der Waals surface area contributed by atoms with Crippen LogP contribution in [0.25, 0.3) is 0 Å². The molecule has 0 spiro atoms. The summed E-state index contributed by atoms with van der Waals surface area (Å²) in [5.41, 5.74) is 5.13. The van der Waals surface area contributed by atoms with Crippen molar-refractivity contribution in [2.45, 2.75) is 13.8 Å². The lowest BCUT2D eigenvalue weighted by Gasteiger charge is -2.14. The molecule has 0 aliphatic heterocycles. The predicted octanol–water partition coefficient (Wildman–Crippen LogP) is 3.09. The number of amides is 2. The number of carbonyl (C=O) groups is 2. The second-order valence-electron chi connectivity index (χ2n) is 6.38. The molecule has 29 heavy (non-hydrogen) atoms. The van der Waals surface area contributed by atoms with Crippen LogP contribution in [-0.2, 0) is 4.79 Å². The Bertz CT molecular complexity index is 876. The maximum absolute atomic E-state index is 12.4. The minimum Gasteiger partial charge on any atom is -0.492 e. The molecule has 3 N–H and O–H groups in total. The van der Waals surface area contributed by atoms with Crippen molar-refractivity contribution in [3.8, 4) is 11.5 Å². The van der Waals surface area contributed by atoms with E-state index in [0.717, 1.165) is 0 Å². The monoisotopic (exact) mass is 435 g/mol. The zero-order valence-corrected chi connectivity index (χ0v) is 17.6. The van der Waals surface area contributed by atoms with Crippen LogP contribution in [0.2, 0.25) is 5.02 Å². The van der Waals surface area contributed by atoms with Gasteiger partial charge in [0.1, 0.15) is 11.5 Å². The molecular formula is C20H22ClN3O4S. The number of benzene rings is 2. The molecule has 154 valence electrons. The number of halogens is 1. The topological polar surface area (TPSA) is 88.7 Å². The number of hydrogen-bond donors (Lipinski definition) is 3. The maximum atomic E-state index is 12.4. The largest absolute Gasteiger partial charge is 0.492 e. The number of carbonyl (C=O) groups excluding carboxylic acids is 2. The number of para-hydroxylation sites is 2. The van der Waals surface area contributed by atoms with Crippen molar-refractivity contribution in [2.24, 2.45) is 5.92 Å². The summed E-state index contributed by atoms with van der Waals surface area (Å²) in [5, 5.41) is 2.82. The molecule has 0 radical (unpaired) electrons. The fraction of sp³-hybridized carbons (Fsp3) is 0.250. The van der Waals surface area contributed by atoms with Gasteiger partial charge in [0.25, 0.3) is 11.8 Å². The fourth-order valence-electron chi connectivity index (χ4n) is 2.11. The van der Waals surface area contributed by atoms with Crippen LogP contribution in [0, 0.1) is 5.92 Å². The van der Waals surface area contributed by atoms with E-state index in [4.69, 9.17) is 33.3 Å². The van der Waals surface area contributed by atoms with Crippen LogP contribution in [0.15, 0.2) is 48.5 Å². The zero-order valence-electron chi connectivity index (χ0n) is 16.0. The molecule has 0 bridgehead atoms. The second kappa shape index (κ2) is 11.2. The van der Waals surface area contributed by atoms with Crippen molar-refractivity contribution in [1.82, 2.24) is 16.2 Å². The molecule has 0 fully saturated rings. The molecule has 0 aliphatic carbocycles. The molecule has 2 rings (SSSR count). The van der Waals surface area contributed by atoms with Crippen LogP contribution in [0.1, 0.15) is 24.2 Å². The molecule has 0 unspecified atom stereocenters. The highest BCUT2D eigenvalue weighted by molar-refractivity contribution is 7.80. The molecular weight excluding hydrogens is 414 g/mol. The van der Waals surface area contributed by atoms with Gasteiger partial charge in [0.15, 0.2) is 11.7 Å². The van der Waals surface area contributed by atoms with Gasteiger partial charge in [-0.2, -0.15) is 0 Å². The fourth-order valence-corrected chi connectivity index (χ4v) is 2.44. The molecule has 9 heteroatoms. The van der Waals surface area contributed by atoms with Crippen molar-refractivity contribution >= 4 is 40.7 Å². The standard InChI is InChI=1S/C20H22ClN3O4S/c1-13(2)11-27-16-9-5-3-7-14(16)19(26)22-20(29)24-23-18(25)12-28-17-10-6-4-8-15(17)21/h3-10,13H,11-12H2,1-2H3,(H,23,25)(H2,22,24,26,29). The first-order chi connectivity index (χ1) is 13.9. The minimum absolute atomic E-state index is 0.0697. The maximum Gasteiger partial charge on any atom is 0.276 e. The van der Waals surface area contributed by atoms with Gasteiger partial charge in [-0.15, -0.1) is 0 Å². The van der Waals surface area contributed by atoms with E-state index in [1.807, 2.05) is 13.8 Å². The van der Waals surface area contributed by atoms with Crippen LogP contribution in [0.4, 0.5) is 0 Å². The van der Waals surface area contributed by atoms with Crippen molar-refractivity contribution in [2.75, 3.05) is 13.2 Å². The first kappa shape index (κ1) is 22.4. The minimum atomic E-state index is -0.498. The average molecular weight is 436 g/mol. The molecule has 2 aromatic carbocycles. The summed E-state index contributed by atoms with van der Waals surface area (Å²) < 4.78 is 11.0. The Morgan fingerprint density at radius 3 is 2.34 bits per heavy atom. The summed E-state index contributed by atoms with van der Waals surface area (Å²) in [4.78, 5) is 24.3. The summed E-state index contributed by atoms with van der Waals surface area (Å²) in [6.07, 6.45) is 0. The van der Waals surface area contributed by atoms with Gasteiger partial charge in [-0.25, -0.2) is 0 Å². The van der Waals surface area contributed by atoms with E-state index < -0.39 is 11.8 Å².